The summed E-state index contributed by atoms with van der Waals surface area (Å²) in [5, 5.41) is 21.3. The van der Waals surface area contributed by atoms with Gasteiger partial charge in [-0.1, -0.05) is 83.1 Å². The standard InChI is InChI=1S/2C20H32O2.2C16H26O3.C14H20O4.C13H18O5.2C13H24O2/c2*1-5-19(3,4)18(21)22-20(6-2)11-14-10-15(20)17-13-8-7-12(9-13)16(14)17;2*1-4-14(2,3)13(17)19-16-8-11-5-12(9-16)7-15(18,6-11)10-16;1-4-14(2,3)13(16)18-10-7-5-8-9(6-7)12(15)17-11(8)10;1-4-13(2,3)12(15)18-9-7-5-6-8(16-7)10(9)17-11(6)14;2*1-5-12(3,4)11(14)15-13(6-2)9-7-8-10-13/h2*12-17H,5-11H2,1-4H3;2*11-12,18H,4-10H2,1-3H3;7-11H,4-6H2,1-3H3;6-10H,4-5H2,1-3H3;2*5-10H2,1-4H3. The Morgan fingerprint density at radius 1 is 0.304 bits per heavy atom. The lowest BCUT2D eigenvalue weighted by molar-refractivity contribution is -0.226. The zero-order chi connectivity index (χ0) is 108. The molecule has 23 nitrogen and oxygen atoms in total. The van der Waals surface area contributed by atoms with Crippen LogP contribution in [0.1, 0.15) is 483 Å². The summed E-state index contributed by atoms with van der Waals surface area (Å²) in [6.07, 6.45) is 45.4. The fourth-order valence-corrected chi connectivity index (χ4v) is 33.3. The van der Waals surface area contributed by atoms with Crippen molar-refractivity contribution in [3.05, 3.63) is 0 Å². The molecular formula is C125H202O23. The van der Waals surface area contributed by atoms with E-state index in [2.05, 4.69) is 41.5 Å². The van der Waals surface area contributed by atoms with E-state index in [1.54, 1.807) is 0 Å². The Kier molecular flexibility index (Phi) is 34.0. The smallest absolute Gasteiger partial charge is 0.312 e. The van der Waals surface area contributed by atoms with Crippen molar-refractivity contribution in [3.63, 3.8) is 0 Å². The van der Waals surface area contributed by atoms with Crippen molar-refractivity contribution in [1.29, 1.82) is 0 Å². The minimum atomic E-state index is -0.555. The molecule has 23 heteroatoms. The van der Waals surface area contributed by atoms with Crippen LogP contribution in [0.15, 0.2) is 0 Å². The average Bonchev–Trinajstić information content (AvgIpc) is 1.58. The zero-order valence-corrected chi connectivity index (χ0v) is 97.3. The molecule has 2 N–H and O–H groups in total. The van der Waals surface area contributed by atoms with Gasteiger partial charge in [0.2, 0.25) is 0 Å². The van der Waals surface area contributed by atoms with Gasteiger partial charge in [-0.3, -0.25) is 47.9 Å². The molecule has 0 radical (unpaired) electrons. The minimum absolute atomic E-state index is 0.0197. The minimum Gasteiger partial charge on any atom is -0.459 e. The SMILES string of the molecule is CCC(C)(C)C(=O)OC1(CC)CC2CC1C1C3CCC(C3)C21.CCC(C)(C)C(=O)OC1(CC)CC2CC1C1C3CCC(C3)C21.CCC(C)(C)C(=O)OC12CC3CC(CC(O)(C3)C1)C2.CCC(C)(C)C(=O)OC12CC3CC(CC(O)(C3)C1)C2.CCC(C)(C)C(=O)OC1C2CC3C(=O)OC1C3C2.CCC(C)(C)C(=O)OC1C2CC3C(=O)OC1C3O2.CCC1(OC(=O)C(C)(C)CC)CCCC1.CCC1(OC(=O)C(C)(C)CC)CCCC1. The van der Waals surface area contributed by atoms with E-state index in [4.69, 9.17) is 52.1 Å². The van der Waals surface area contributed by atoms with Crippen LogP contribution in [0.3, 0.4) is 0 Å². The number of carbonyl (C=O) groups is 10. The lowest BCUT2D eigenvalue weighted by Crippen LogP contribution is -2.61. The molecule has 24 aliphatic rings. The Morgan fingerprint density at radius 3 is 0.946 bits per heavy atom. The highest BCUT2D eigenvalue weighted by Gasteiger charge is 2.73. The average molecular weight is 2070 g/mol. The molecule has 840 valence electrons. The first-order valence-corrected chi connectivity index (χ1v) is 60.5. The summed E-state index contributed by atoms with van der Waals surface area (Å²) >= 11 is 0. The van der Waals surface area contributed by atoms with Crippen LogP contribution in [0.5, 0.6) is 0 Å². The molecule has 4 heterocycles. The second-order valence-electron chi connectivity index (χ2n) is 57.9. The number of carbonyl (C=O) groups excluding carboxylic acids is 10. The monoisotopic (exact) mass is 2070 g/mol. The molecule has 4 saturated heterocycles. The molecule has 0 aromatic heterocycles. The van der Waals surface area contributed by atoms with Gasteiger partial charge in [0.25, 0.3) is 0 Å². The second kappa shape index (κ2) is 43.2. The molecular weight excluding hydrogens is 1870 g/mol. The summed E-state index contributed by atoms with van der Waals surface area (Å²) in [6, 6.07) is 0. The van der Waals surface area contributed by atoms with Crippen LogP contribution in [0.4, 0.5) is 0 Å². The lowest BCUT2D eigenvalue weighted by Gasteiger charge is -2.59. The summed E-state index contributed by atoms with van der Waals surface area (Å²) < 4.78 is 63.6. The fourth-order valence-electron chi connectivity index (χ4n) is 33.3. The summed E-state index contributed by atoms with van der Waals surface area (Å²) in [7, 11) is 0. The summed E-state index contributed by atoms with van der Waals surface area (Å²) in [6.45, 7) is 56.3. The van der Waals surface area contributed by atoms with E-state index < -0.39 is 45.1 Å². The summed E-state index contributed by atoms with van der Waals surface area (Å²) in [5.41, 5.74) is -5.46. The van der Waals surface area contributed by atoms with Crippen molar-refractivity contribution >= 4 is 59.7 Å². The van der Waals surface area contributed by atoms with Gasteiger partial charge in [-0.2, -0.15) is 0 Å². The molecule has 0 aromatic rings. The van der Waals surface area contributed by atoms with E-state index >= 15 is 0 Å². The third kappa shape index (κ3) is 22.8. The van der Waals surface area contributed by atoms with Crippen LogP contribution < -0.4 is 0 Å². The fraction of sp³-hybridized carbons (Fsp3) is 0.920. The van der Waals surface area contributed by atoms with E-state index in [0.717, 1.165) is 233 Å². The highest BCUT2D eigenvalue weighted by molar-refractivity contribution is 5.82. The van der Waals surface area contributed by atoms with E-state index in [0.29, 0.717) is 73.0 Å². The van der Waals surface area contributed by atoms with Gasteiger partial charge in [0, 0.05) is 36.5 Å². The van der Waals surface area contributed by atoms with Crippen molar-refractivity contribution in [1.82, 2.24) is 0 Å². The van der Waals surface area contributed by atoms with Crippen LogP contribution in [0, 0.1) is 162 Å². The molecule has 20 bridgehead atoms. The molecule has 20 aliphatic carbocycles. The van der Waals surface area contributed by atoms with Crippen molar-refractivity contribution < 1.29 is 110 Å². The highest BCUT2D eigenvalue weighted by atomic mass is 16.7. The van der Waals surface area contributed by atoms with E-state index in [-0.39, 0.29) is 151 Å². The maximum atomic E-state index is 12.7. The molecule has 0 spiro atoms. The largest absolute Gasteiger partial charge is 0.459 e. The number of rotatable bonds is 28. The van der Waals surface area contributed by atoms with Crippen molar-refractivity contribution in [2.24, 2.45) is 162 Å². The number of aliphatic hydroxyl groups is 2. The predicted molar refractivity (Wildman–Crippen MR) is 567 cm³/mol. The van der Waals surface area contributed by atoms with Crippen LogP contribution in [0.25, 0.3) is 0 Å². The lowest BCUT2D eigenvalue weighted by atomic mass is 9.52. The summed E-state index contributed by atoms with van der Waals surface area (Å²) in [5.74, 6) is 12.7. The highest BCUT2D eigenvalue weighted by Crippen LogP contribution is 2.74. The zero-order valence-electron chi connectivity index (χ0n) is 97.3. The molecule has 148 heavy (non-hydrogen) atoms. The van der Waals surface area contributed by atoms with Crippen LogP contribution in [0.2, 0.25) is 0 Å². The number of fused-ring (bicyclic) bond motifs is 20. The summed E-state index contributed by atoms with van der Waals surface area (Å²) in [4.78, 5) is 122. The normalized spacial score (nSPS) is 40.0. The van der Waals surface area contributed by atoms with Gasteiger partial charge < -0.3 is 62.3 Å². The van der Waals surface area contributed by atoms with Gasteiger partial charge >= 0.3 is 59.7 Å². The predicted octanol–water partition coefficient (Wildman–Crippen LogP) is 26.1. The van der Waals surface area contributed by atoms with Crippen molar-refractivity contribution in [2.45, 2.75) is 564 Å². The first-order valence-electron chi connectivity index (χ1n) is 60.5. The third-order valence-electron chi connectivity index (χ3n) is 45.3. The maximum absolute atomic E-state index is 12.7. The third-order valence-corrected chi connectivity index (χ3v) is 45.3. The number of hydrogen-bond donors (Lipinski definition) is 2. The van der Waals surface area contributed by atoms with Crippen LogP contribution in [-0.2, 0) is 100 Å². The molecule has 0 aromatic carbocycles. The van der Waals surface area contributed by atoms with E-state index in [9.17, 15) is 58.2 Å². The Bertz CT molecular complexity index is 4420. The van der Waals surface area contributed by atoms with Gasteiger partial charge in [-0.25, -0.2) is 0 Å². The molecule has 28 unspecified atom stereocenters. The molecule has 4 aliphatic heterocycles. The Hall–Kier alpha value is -5.42. The number of esters is 10. The number of hydrogen-bond acceptors (Lipinski definition) is 23. The number of ether oxygens (including phenoxy) is 11. The first-order chi connectivity index (χ1) is 69.1. The van der Waals surface area contributed by atoms with E-state index in [1.807, 2.05) is 152 Å². The molecule has 20 saturated carbocycles. The van der Waals surface area contributed by atoms with Crippen LogP contribution in [-0.4, -0.2) is 151 Å². The van der Waals surface area contributed by atoms with E-state index in [1.165, 1.54) is 89.9 Å². The topological polar surface area (TPSA) is 313 Å². The maximum Gasteiger partial charge on any atom is 0.312 e. The first kappa shape index (κ1) is 117. The molecule has 24 rings (SSSR count). The Labute approximate surface area is 890 Å². The van der Waals surface area contributed by atoms with Crippen molar-refractivity contribution in [3.8, 4) is 0 Å². The molecule has 28 atom stereocenters. The Balaban J connectivity index is 0.000000127. The van der Waals surface area contributed by atoms with Crippen molar-refractivity contribution in [2.75, 3.05) is 0 Å². The molecule has 0 amide bonds. The Morgan fingerprint density at radius 2 is 0.615 bits per heavy atom. The van der Waals surface area contributed by atoms with Gasteiger partial charge in [0.05, 0.1) is 72.5 Å². The van der Waals surface area contributed by atoms with Gasteiger partial charge in [0.15, 0.2) is 12.2 Å². The van der Waals surface area contributed by atoms with Crippen LogP contribution >= 0.6 is 0 Å². The van der Waals surface area contributed by atoms with Gasteiger partial charge in [0.1, 0.15) is 51.9 Å². The van der Waals surface area contributed by atoms with Gasteiger partial charge in [-0.15, -0.1) is 0 Å². The molecule has 24 fully saturated rings. The second-order valence-corrected chi connectivity index (χ2v) is 57.9. The quantitative estimate of drug-likeness (QED) is 0.0417. The van der Waals surface area contributed by atoms with Gasteiger partial charge in [-0.05, 0) is 470 Å².